The first-order valence-corrected chi connectivity index (χ1v) is 10.8. The van der Waals surface area contributed by atoms with Gasteiger partial charge in [-0.15, -0.1) is 11.3 Å². The summed E-state index contributed by atoms with van der Waals surface area (Å²) in [5.74, 6) is -0.425. The molecule has 0 radical (unpaired) electrons. The lowest BCUT2D eigenvalue weighted by atomic mass is 10.1. The number of hydrogen-bond acceptors (Lipinski definition) is 5. The van der Waals surface area contributed by atoms with Crippen LogP contribution >= 0.6 is 11.3 Å². The van der Waals surface area contributed by atoms with E-state index in [1.165, 1.54) is 20.5 Å². The van der Waals surface area contributed by atoms with Crippen molar-refractivity contribution in [2.45, 2.75) is 26.9 Å². The molecule has 160 valence electrons. The molecule has 0 aliphatic carbocycles. The smallest absolute Gasteiger partial charge is 0.324 e. The van der Waals surface area contributed by atoms with Gasteiger partial charge in [-0.3, -0.25) is 18.7 Å². The first-order valence-electron chi connectivity index (χ1n) is 9.94. The Balaban J connectivity index is 1.71. The third-order valence-electron chi connectivity index (χ3n) is 5.33. The molecule has 0 saturated heterocycles. The molecular formula is C24H20N4O3S. The van der Waals surface area contributed by atoms with Crippen molar-refractivity contribution in [3.05, 3.63) is 97.0 Å². The number of nitrogens with zero attached hydrogens (tertiary/aromatic N) is 3. The fraction of sp³-hybridized carbons (Fsp3) is 0.167. The minimum absolute atomic E-state index is 0.123. The Morgan fingerprint density at radius 3 is 2.62 bits per heavy atom. The van der Waals surface area contributed by atoms with E-state index in [1.54, 1.807) is 35.7 Å². The number of aromatic nitrogens is 2. The van der Waals surface area contributed by atoms with Crippen molar-refractivity contribution >= 4 is 33.1 Å². The van der Waals surface area contributed by atoms with Crippen LogP contribution in [0.5, 0.6) is 0 Å². The number of nitriles is 1. The predicted molar refractivity (Wildman–Crippen MR) is 125 cm³/mol. The topological polar surface area (TPSA) is 96.9 Å². The van der Waals surface area contributed by atoms with Crippen molar-refractivity contribution in [3.63, 3.8) is 0 Å². The van der Waals surface area contributed by atoms with Gasteiger partial charge in [0.15, 0.2) is 0 Å². The molecule has 32 heavy (non-hydrogen) atoms. The molecule has 2 heterocycles. The molecule has 8 heteroatoms. The summed E-state index contributed by atoms with van der Waals surface area (Å²) in [6, 6.07) is 16.0. The van der Waals surface area contributed by atoms with Gasteiger partial charge in [0.25, 0.3) is 5.56 Å². The highest BCUT2D eigenvalue weighted by Crippen LogP contribution is 2.17. The number of fused-ring (bicyclic) bond motifs is 1. The summed E-state index contributed by atoms with van der Waals surface area (Å²) >= 11 is 1.24. The average molecular weight is 445 g/mol. The number of thiophene rings is 1. The fourth-order valence-corrected chi connectivity index (χ4v) is 4.36. The molecule has 0 saturated carbocycles. The fourth-order valence-electron chi connectivity index (χ4n) is 3.52. The third kappa shape index (κ3) is 4.11. The summed E-state index contributed by atoms with van der Waals surface area (Å²) < 4.78 is 2.91. The van der Waals surface area contributed by atoms with Crippen LogP contribution in [-0.4, -0.2) is 15.0 Å². The van der Waals surface area contributed by atoms with Crippen LogP contribution in [0.3, 0.4) is 0 Å². The second-order valence-corrected chi connectivity index (χ2v) is 8.47. The van der Waals surface area contributed by atoms with Crippen LogP contribution in [-0.2, 0) is 17.9 Å². The molecule has 2 aromatic heterocycles. The van der Waals surface area contributed by atoms with Crippen LogP contribution in [0.1, 0.15) is 22.3 Å². The zero-order valence-electron chi connectivity index (χ0n) is 17.6. The van der Waals surface area contributed by atoms with Gasteiger partial charge in [-0.2, -0.15) is 5.26 Å². The highest BCUT2D eigenvalue weighted by Gasteiger charge is 2.17. The Hall–Kier alpha value is -3.96. The molecule has 0 bridgehead atoms. The molecule has 0 atom stereocenters. The van der Waals surface area contributed by atoms with Gasteiger partial charge in [-0.1, -0.05) is 24.3 Å². The molecule has 0 aliphatic heterocycles. The highest BCUT2D eigenvalue weighted by atomic mass is 32.1. The van der Waals surface area contributed by atoms with E-state index in [1.807, 2.05) is 38.1 Å². The molecule has 0 unspecified atom stereocenters. The Kier molecular flexibility index (Phi) is 5.75. The molecule has 0 fully saturated rings. The van der Waals surface area contributed by atoms with Crippen molar-refractivity contribution in [2.75, 3.05) is 5.32 Å². The number of rotatable bonds is 5. The summed E-state index contributed by atoms with van der Waals surface area (Å²) in [5.41, 5.74) is 3.46. The molecule has 7 nitrogen and oxygen atoms in total. The van der Waals surface area contributed by atoms with Gasteiger partial charge in [-0.25, -0.2) is 4.79 Å². The summed E-state index contributed by atoms with van der Waals surface area (Å²) in [5, 5.41) is 13.5. The zero-order valence-corrected chi connectivity index (χ0v) is 18.4. The van der Waals surface area contributed by atoms with E-state index in [0.29, 0.717) is 21.5 Å². The van der Waals surface area contributed by atoms with E-state index in [-0.39, 0.29) is 18.6 Å². The molecule has 0 spiro atoms. The van der Waals surface area contributed by atoms with E-state index >= 15 is 0 Å². The monoisotopic (exact) mass is 444 g/mol. The number of carbonyl (C=O) groups is 1. The van der Waals surface area contributed by atoms with Gasteiger partial charge >= 0.3 is 5.69 Å². The number of benzene rings is 2. The quantitative estimate of drug-likeness (QED) is 0.510. The average Bonchev–Trinajstić information content (AvgIpc) is 3.27. The number of anilines is 1. The summed E-state index contributed by atoms with van der Waals surface area (Å²) in [6.07, 6.45) is 0. The van der Waals surface area contributed by atoms with Crippen LogP contribution in [0.4, 0.5) is 5.69 Å². The predicted octanol–water partition coefficient (Wildman–Crippen LogP) is 3.40. The Labute approximate surface area is 187 Å². The minimum Gasteiger partial charge on any atom is -0.324 e. The number of amides is 1. The standard InChI is InChI=1S/C24H20N4O3S/c1-15-6-7-18(10-16(15)2)13-28-23(30)22-20(8-9-32-22)27(24(28)31)14-21(29)26-19-5-3-4-17(11-19)12-25/h3-11H,13-14H2,1-2H3,(H,26,29). The molecule has 4 aromatic rings. The van der Waals surface area contributed by atoms with Crippen LogP contribution in [0, 0.1) is 25.2 Å². The minimum atomic E-state index is -0.542. The zero-order chi connectivity index (χ0) is 22.8. The largest absolute Gasteiger partial charge is 0.332 e. The normalized spacial score (nSPS) is 10.8. The van der Waals surface area contributed by atoms with Crippen LogP contribution in [0.25, 0.3) is 10.2 Å². The van der Waals surface area contributed by atoms with Crippen LogP contribution < -0.4 is 16.6 Å². The van der Waals surface area contributed by atoms with Crippen LogP contribution in [0.2, 0.25) is 0 Å². The maximum atomic E-state index is 13.3. The lowest BCUT2D eigenvalue weighted by Gasteiger charge is -2.13. The van der Waals surface area contributed by atoms with Crippen molar-refractivity contribution in [1.29, 1.82) is 5.26 Å². The van der Waals surface area contributed by atoms with Gasteiger partial charge in [0.1, 0.15) is 11.2 Å². The number of hydrogen-bond donors (Lipinski definition) is 1. The second-order valence-electron chi connectivity index (χ2n) is 7.55. The van der Waals surface area contributed by atoms with Crippen LogP contribution in [0.15, 0.2) is 63.5 Å². The summed E-state index contributed by atoms with van der Waals surface area (Å²) in [4.78, 5) is 38.9. The first kappa shape index (κ1) is 21.3. The van der Waals surface area contributed by atoms with E-state index < -0.39 is 11.6 Å². The summed E-state index contributed by atoms with van der Waals surface area (Å²) in [6.45, 7) is 3.85. The van der Waals surface area contributed by atoms with Gasteiger partial charge in [0, 0.05) is 5.69 Å². The Morgan fingerprint density at radius 1 is 1.06 bits per heavy atom. The SMILES string of the molecule is Cc1ccc(Cn2c(=O)c3sccc3n(CC(=O)Nc3cccc(C#N)c3)c2=O)cc1C. The maximum Gasteiger partial charge on any atom is 0.332 e. The Morgan fingerprint density at radius 2 is 1.88 bits per heavy atom. The molecule has 2 aromatic carbocycles. The van der Waals surface area contributed by atoms with E-state index in [4.69, 9.17) is 5.26 Å². The first-order chi connectivity index (χ1) is 15.4. The van der Waals surface area contributed by atoms with Gasteiger partial charge in [-0.05, 0) is 60.2 Å². The number of aryl methyl sites for hydroxylation is 2. The van der Waals surface area contributed by atoms with Gasteiger partial charge < -0.3 is 5.32 Å². The molecule has 0 aliphatic rings. The lowest BCUT2D eigenvalue weighted by Crippen LogP contribution is -2.41. The molecule has 4 rings (SSSR count). The van der Waals surface area contributed by atoms with Gasteiger partial charge in [0.05, 0.1) is 23.7 Å². The maximum absolute atomic E-state index is 13.3. The highest BCUT2D eigenvalue weighted by molar-refractivity contribution is 7.17. The van der Waals surface area contributed by atoms with E-state index in [0.717, 1.165) is 16.7 Å². The molecular weight excluding hydrogens is 424 g/mol. The van der Waals surface area contributed by atoms with E-state index in [2.05, 4.69) is 5.32 Å². The van der Waals surface area contributed by atoms with E-state index in [9.17, 15) is 14.4 Å². The van der Waals surface area contributed by atoms with Gasteiger partial charge in [0.2, 0.25) is 5.91 Å². The van der Waals surface area contributed by atoms with Crippen molar-refractivity contribution < 1.29 is 4.79 Å². The third-order valence-corrected chi connectivity index (χ3v) is 6.22. The molecule has 1 N–H and O–H groups in total. The Bertz CT molecular complexity index is 1500. The lowest BCUT2D eigenvalue weighted by molar-refractivity contribution is -0.116. The summed E-state index contributed by atoms with van der Waals surface area (Å²) in [7, 11) is 0. The van der Waals surface area contributed by atoms with Crippen molar-refractivity contribution in [2.24, 2.45) is 0 Å². The second kappa shape index (κ2) is 8.65. The van der Waals surface area contributed by atoms with Crippen molar-refractivity contribution in [1.82, 2.24) is 9.13 Å². The molecule has 1 amide bonds. The van der Waals surface area contributed by atoms with Crippen molar-refractivity contribution in [3.8, 4) is 6.07 Å². The number of nitrogens with one attached hydrogen (secondary N) is 1. The number of carbonyl (C=O) groups excluding carboxylic acids is 1.